The fraction of sp³-hybridized carbons (Fsp3) is 0.500. The summed E-state index contributed by atoms with van der Waals surface area (Å²) in [5.74, 6) is 0.670. The highest BCUT2D eigenvalue weighted by atomic mass is 79.9. The maximum Gasteiger partial charge on any atom is 0.407 e. The lowest BCUT2D eigenvalue weighted by molar-refractivity contribution is 0.0508. The van der Waals surface area contributed by atoms with E-state index in [0.717, 1.165) is 5.56 Å². The van der Waals surface area contributed by atoms with Gasteiger partial charge in [0.1, 0.15) is 17.4 Å². The van der Waals surface area contributed by atoms with Gasteiger partial charge < -0.3 is 14.8 Å². The van der Waals surface area contributed by atoms with E-state index >= 15 is 0 Å². The number of carbonyl (C=O) groups excluding carboxylic acids is 1. The first kappa shape index (κ1) is 18.3. The van der Waals surface area contributed by atoms with Gasteiger partial charge in [-0.05, 0) is 67.7 Å². The molecule has 1 aromatic rings. The van der Waals surface area contributed by atoms with Gasteiger partial charge >= 0.3 is 6.09 Å². The summed E-state index contributed by atoms with van der Waals surface area (Å²) < 4.78 is 11.2. The summed E-state index contributed by atoms with van der Waals surface area (Å²) in [5.41, 5.74) is 0.846. The predicted octanol–water partition coefficient (Wildman–Crippen LogP) is 3.79. The molecule has 1 N–H and O–H groups in total. The van der Waals surface area contributed by atoms with Gasteiger partial charge in [0.05, 0.1) is 12.7 Å². The molecule has 0 aliphatic rings. The Bertz CT molecular complexity index is 588. The Labute approximate surface area is 139 Å². The molecule has 0 spiro atoms. The number of alkyl carbamates (subject to hydrolysis) is 1. The number of nitrogens with one attached hydrogen (secondary N) is 1. The molecule has 0 aliphatic heterocycles. The maximum absolute atomic E-state index is 11.8. The van der Waals surface area contributed by atoms with Gasteiger partial charge in [-0.1, -0.05) is 0 Å². The summed E-state index contributed by atoms with van der Waals surface area (Å²) in [4.78, 5) is 11.8. The van der Waals surface area contributed by atoms with E-state index in [9.17, 15) is 4.79 Å². The second-order valence-electron chi connectivity index (χ2n) is 6.01. The number of rotatable bonds is 4. The van der Waals surface area contributed by atoms with E-state index in [0.29, 0.717) is 22.2 Å². The minimum atomic E-state index is -0.535. The second-order valence-corrected chi connectivity index (χ2v) is 6.86. The Morgan fingerprint density at radius 3 is 2.59 bits per heavy atom. The molecule has 0 aromatic heterocycles. The minimum absolute atomic E-state index is 0.156. The molecule has 120 valence electrons. The first-order chi connectivity index (χ1) is 10.2. The molecule has 0 heterocycles. The number of hydrogen-bond acceptors (Lipinski definition) is 4. The number of hydrogen-bond donors (Lipinski definition) is 1. The van der Waals surface area contributed by atoms with Gasteiger partial charge in [0.2, 0.25) is 0 Å². The number of halogens is 1. The van der Waals surface area contributed by atoms with E-state index in [-0.39, 0.29) is 6.04 Å². The van der Waals surface area contributed by atoms with Crippen molar-refractivity contribution in [2.24, 2.45) is 0 Å². The lowest BCUT2D eigenvalue weighted by Gasteiger charge is -2.22. The van der Waals surface area contributed by atoms with Crippen LogP contribution in [-0.2, 0) is 11.2 Å². The van der Waals surface area contributed by atoms with Crippen LogP contribution in [0.4, 0.5) is 4.79 Å². The molecule has 1 aromatic carbocycles. The highest BCUT2D eigenvalue weighted by molar-refractivity contribution is 9.10. The molecule has 0 saturated heterocycles. The lowest BCUT2D eigenvalue weighted by atomic mass is 10.0. The van der Waals surface area contributed by atoms with Crippen molar-refractivity contribution in [3.8, 4) is 11.8 Å². The topological polar surface area (TPSA) is 71.3 Å². The monoisotopic (exact) mass is 368 g/mol. The quantitative estimate of drug-likeness (QED) is 0.877. The van der Waals surface area contributed by atoms with Crippen LogP contribution in [0, 0.1) is 11.3 Å². The van der Waals surface area contributed by atoms with Crippen molar-refractivity contribution < 1.29 is 14.3 Å². The summed E-state index contributed by atoms with van der Waals surface area (Å²) in [7, 11) is 1.57. The Balaban J connectivity index is 2.82. The van der Waals surface area contributed by atoms with Crippen LogP contribution in [0.25, 0.3) is 0 Å². The first-order valence-corrected chi connectivity index (χ1v) is 7.71. The second kappa shape index (κ2) is 7.50. The standard InChI is InChI=1S/C16H21BrN2O3/c1-10(19-15(20)22-16(2,3)4)6-11-7-12(9-18)13(17)8-14(11)21-5/h7-8,10H,6H2,1-5H3,(H,19,20). The van der Waals surface area contributed by atoms with Crippen LogP contribution < -0.4 is 10.1 Å². The summed E-state index contributed by atoms with van der Waals surface area (Å²) in [5, 5.41) is 11.9. The van der Waals surface area contributed by atoms with Crippen LogP contribution in [0.3, 0.4) is 0 Å². The molecule has 1 unspecified atom stereocenters. The Morgan fingerprint density at radius 1 is 1.45 bits per heavy atom. The van der Waals surface area contributed by atoms with Crippen molar-refractivity contribution in [3.63, 3.8) is 0 Å². The molecular formula is C16H21BrN2O3. The van der Waals surface area contributed by atoms with Crippen LogP contribution >= 0.6 is 15.9 Å². The van der Waals surface area contributed by atoms with Crippen LogP contribution in [0.2, 0.25) is 0 Å². The zero-order valence-electron chi connectivity index (χ0n) is 13.5. The normalized spacial score (nSPS) is 12.2. The van der Waals surface area contributed by atoms with E-state index < -0.39 is 11.7 Å². The largest absolute Gasteiger partial charge is 0.496 e. The van der Waals surface area contributed by atoms with E-state index in [1.54, 1.807) is 19.2 Å². The van der Waals surface area contributed by atoms with Crippen molar-refractivity contribution in [1.82, 2.24) is 5.32 Å². The number of nitriles is 1. The van der Waals surface area contributed by atoms with Crippen molar-refractivity contribution in [1.29, 1.82) is 5.26 Å². The highest BCUT2D eigenvalue weighted by Crippen LogP contribution is 2.28. The van der Waals surface area contributed by atoms with Crippen molar-refractivity contribution in [2.75, 3.05) is 7.11 Å². The van der Waals surface area contributed by atoms with E-state index in [4.69, 9.17) is 14.7 Å². The number of amides is 1. The van der Waals surface area contributed by atoms with Crippen molar-refractivity contribution in [3.05, 3.63) is 27.7 Å². The SMILES string of the molecule is COc1cc(Br)c(C#N)cc1CC(C)NC(=O)OC(C)(C)C. The van der Waals surface area contributed by atoms with Gasteiger partial charge in [-0.15, -0.1) is 0 Å². The van der Waals surface area contributed by atoms with Crippen molar-refractivity contribution in [2.45, 2.75) is 45.8 Å². The van der Waals surface area contributed by atoms with Gasteiger partial charge in [0.25, 0.3) is 0 Å². The molecule has 5 nitrogen and oxygen atoms in total. The number of methoxy groups -OCH3 is 1. The summed E-state index contributed by atoms with van der Waals surface area (Å²) in [6.07, 6.45) is 0.0706. The van der Waals surface area contributed by atoms with Gasteiger partial charge in [-0.25, -0.2) is 4.79 Å². The molecule has 0 aliphatic carbocycles. The number of nitrogens with zero attached hydrogens (tertiary/aromatic N) is 1. The molecule has 0 saturated carbocycles. The molecule has 1 rings (SSSR count). The first-order valence-electron chi connectivity index (χ1n) is 6.92. The summed E-state index contributed by atoms with van der Waals surface area (Å²) in [6.45, 7) is 7.31. The van der Waals surface area contributed by atoms with Crippen LogP contribution in [-0.4, -0.2) is 24.8 Å². The Hall–Kier alpha value is -1.74. The van der Waals surface area contributed by atoms with Crippen LogP contribution in [0.15, 0.2) is 16.6 Å². The zero-order valence-corrected chi connectivity index (χ0v) is 15.1. The Morgan fingerprint density at radius 2 is 2.09 bits per heavy atom. The third kappa shape index (κ3) is 5.57. The van der Waals surface area contributed by atoms with Gasteiger partial charge in [-0.3, -0.25) is 0 Å². The number of ether oxygens (including phenoxy) is 2. The molecule has 22 heavy (non-hydrogen) atoms. The average molecular weight is 369 g/mol. The predicted molar refractivity (Wildman–Crippen MR) is 87.9 cm³/mol. The van der Waals surface area contributed by atoms with E-state index in [1.165, 1.54) is 0 Å². The average Bonchev–Trinajstić information content (AvgIpc) is 2.37. The fourth-order valence-electron chi connectivity index (χ4n) is 1.92. The van der Waals surface area contributed by atoms with Gasteiger partial charge in [-0.2, -0.15) is 5.26 Å². The van der Waals surface area contributed by atoms with Crippen LogP contribution in [0.5, 0.6) is 5.75 Å². The van der Waals surface area contributed by atoms with E-state index in [1.807, 2.05) is 27.7 Å². The zero-order chi connectivity index (χ0) is 16.9. The third-order valence-electron chi connectivity index (χ3n) is 2.78. The fourth-order valence-corrected chi connectivity index (χ4v) is 2.34. The molecule has 1 amide bonds. The van der Waals surface area contributed by atoms with Crippen LogP contribution in [0.1, 0.15) is 38.8 Å². The Kier molecular flexibility index (Phi) is 6.24. The lowest BCUT2D eigenvalue weighted by Crippen LogP contribution is -2.38. The molecule has 1 atom stereocenters. The van der Waals surface area contributed by atoms with Gasteiger partial charge in [0, 0.05) is 10.5 Å². The van der Waals surface area contributed by atoms with Crippen molar-refractivity contribution >= 4 is 22.0 Å². The molecule has 0 fully saturated rings. The highest BCUT2D eigenvalue weighted by Gasteiger charge is 2.19. The smallest absolute Gasteiger partial charge is 0.407 e. The maximum atomic E-state index is 11.8. The summed E-state index contributed by atoms with van der Waals surface area (Å²) in [6, 6.07) is 5.48. The minimum Gasteiger partial charge on any atom is -0.496 e. The molecule has 6 heteroatoms. The van der Waals surface area contributed by atoms with Gasteiger partial charge in [0.15, 0.2) is 0 Å². The number of carbonyl (C=O) groups is 1. The number of benzene rings is 1. The summed E-state index contributed by atoms with van der Waals surface area (Å²) >= 11 is 3.33. The molecule has 0 bridgehead atoms. The molecule has 0 radical (unpaired) electrons. The third-order valence-corrected chi connectivity index (χ3v) is 3.44. The van der Waals surface area contributed by atoms with E-state index in [2.05, 4.69) is 27.3 Å². The molecular weight excluding hydrogens is 348 g/mol.